The van der Waals surface area contributed by atoms with Gasteiger partial charge in [-0.25, -0.2) is 4.79 Å². The van der Waals surface area contributed by atoms with E-state index in [1.165, 1.54) is 7.11 Å². The molecule has 2 aromatic rings. The first-order valence-electron chi connectivity index (χ1n) is 6.35. The molecule has 0 aliphatic carbocycles. The van der Waals surface area contributed by atoms with Crippen LogP contribution in [0.15, 0.2) is 36.4 Å². The number of aromatic amines is 1. The van der Waals surface area contributed by atoms with E-state index in [9.17, 15) is 4.79 Å². The summed E-state index contributed by atoms with van der Waals surface area (Å²) in [6.07, 6.45) is 0. The quantitative estimate of drug-likeness (QED) is 0.831. The van der Waals surface area contributed by atoms with Gasteiger partial charge in [0.15, 0.2) is 0 Å². The van der Waals surface area contributed by atoms with Crippen molar-refractivity contribution in [2.24, 2.45) is 0 Å². The highest BCUT2D eigenvalue weighted by Crippen LogP contribution is 2.17. The highest BCUT2D eigenvalue weighted by molar-refractivity contribution is 6.30. The molecule has 0 amide bonds. The maximum absolute atomic E-state index is 11.3. The van der Waals surface area contributed by atoms with Gasteiger partial charge in [-0.1, -0.05) is 23.7 Å². The van der Waals surface area contributed by atoms with Gasteiger partial charge in [0.1, 0.15) is 5.69 Å². The van der Waals surface area contributed by atoms with Crippen LogP contribution in [0.4, 0.5) is 0 Å². The maximum atomic E-state index is 11.3. The standard InChI is InChI=1S/C15H17ClN2O2/c1-10(11-4-3-5-12(16)8-11)17-9-13-6-7-14(18-13)15(19)20-2/h3-8,10,17-18H,9H2,1-2H3/t10-/m0/s1. The Bertz CT molecular complexity index is 595. The van der Waals surface area contributed by atoms with Crippen LogP contribution in [0.2, 0.25) is 5.02 Å². The second-order valence-electron chi connectivity index (χ2n) is 4.55. The summed E-state index contributed by atoms with van der Waals surface area (Å²) in [5.74, 6) is -0.362. The third kappa shape index (κ3) is 3.62. The number of hydrogen-bond donors (Lipinski definition) is 2. The van der Waals surface area contributed by atoms with Crippen molar-refractivity contribution in [3.8, 4) is 0 Å². The largest absolute Gasteiger partial charge is 0.464 e. The van der Waals surface area contributed by atoms with E-state index in [2.05, 4.69) is 22.0 Å². The number of esters is 1. The molecule has 2 rings (SSSR count). The van der Waals surface area contributed by atoms with Crippen molar-refractivity contribution < 1.29 is 9.53 Å². The average molecular weight is 293 g/mol. The fourth-order valence-corrected chi connectivity index (χ4v) is 2.13. The summed E-state index contributed by atoms with van der Waals surface area (Å²) in [5, 5.41) is 4.10. The van der Waals surface area contributed by atoms with Gasteiger partial charge >= 0.3 is 5.97 Å². The molecule has 1 heterocycles. The van der Waals surface area contributed by atoms with Gasteiger partial charge in [-0.15, -0.1) is 0 Å². The van der Waals surface area contributed by atoms with E-state index in [1.807, 2.05) is 30.3 Å². The van der Waals surface area contributed by atoms with Crippen LogP contribution in [0.3, 0.4) is 0 Å². The summed E-state index contributed by atoms with van der Waals surface area (Å²) < 4.78 is 4.65. The zero-order valence-electron chi connectivity index (χ0n) is 11.4. The minimum atomic E-state index is -0.362. The summed E-state index contributed by atoms with van der Waals surface area (Å²) in [4.78, 5) is 14.4. The van der Waals surface area contributed by atoms with Gasteiger partial charge in [-0.2, -0.15) is 0 Å². The highest BCUT2D eigenvalue weighted by atomic mass is 35.5. The van der Waals surface area contributed by atoms with Gasteiger partial charge < -0.3 is 15.0 Å². The minimum Gasteiger partial charge on any atom is -0.464 e. The number of aromatic nitrogens is 1. The second-order valence-corrected chi connectivity index (χ2v) is 4.98. The van der Waals surface area contributed by atoms with E-state index < -0.39 is 0 Å². The van der Waals surface area contributed by atoms with Crippen LogP contribution in [0.5, 0.6) is 0 Å². The molecule has 106 valence electrons. The molecule has 0 saturated carbocycles. The lowest BCUT2D eigenvalue weighted by Gasteiger charge is -2.13. The molecule has 1 atom stereocenters. The Labute approximate surface area is 123 Å². The van der Waals surface area contributed by atoms with Crippen molar-refractivity contribution in [3.63, 3.8) is 0 Å². The Morgan fingerprint density at radius 3 is 2.90 bits per heavy atom. The lowest BCUT2D eigenvalue weighted by Crippen LogP contribution is -2.18. The topological polar surface area (TPSA) is 54.1 Å². The number of benzene rings is 1. The Morgan fingerprint density at radius 1 is 1.40 bits per heavy atom. The molecule has 4 nitrogen and oxygen atoms in total. The SMILES string of the molecule is COC(=O)c1ccc(CN[C@@H](C)c2cccc(Cl)c2)[nH]1. The molecule has 1 aromatic carbocycles. The van der Waals surface area contributed by atoms with Crippen molar-refractivity contribution in [2.75, 3.05) is 7.11 Å². The lowest BCUT2D eigenvalue weighted by molar-refractivity contribution is 0.0594. The highest BCUT2D eigenvalue weighted by Gasteiger charge is 2.09. The van der Waals surface area contributed by atoms with Gasteiger partial charge in [0.25, 0.3) is 0 Å². The van der Waals surface area contributed by atoms with E-state index >= 15 is 0 Å². The molecule has 5 heteroatoms. The number of methoxy groups -OCH3 is 1. The zero-order valence-corrected chi connectivity index (χ0v) is 12.2. The van der Waals surface area contributed by atoms with Crippen LogP contribution in [-0.2, 0) is 11.3 Å². The van der Waals surface area contributed by atoms with E-state index in [1.54, 1.807) is 6.07 Å². The number of carbonyl (C=O) groups excluding carboxylic acids is 1. The summed E-state index contributed by atoms with van der Waals surface area (Å²) in [5.41, 5.74) is 2.51. The van der Waals surface area contributed by atoms with Crippen LogP contribution in [-0.4, -0.2) is 18.1 Å². The molecule has 0 spiro atoms. The third-order valence-corrected chi connectivity index (χ3v) is 3.33. The normalized spacial score (nSPS) is 12.2. The van der Waals surface area contributed by atoms with Crippen molar-refractivity contribution in [3.05, 3.63) is 58.4 Å². The third-order valence-electron chi connectivity index (χ3n) is 3.10. The van der Waals surface area contributed by atoms with Crippen molar-refractivity contribution >= 4 is 17.6 Å². The first kappa shape index (κ1) is 14.6. The van der Waals surface area contributed by atoms with Crippen LogP contribution in [0.1, 0.15) is 34.7 Å². The average Bonchev–Trinajstić information content (AvgIpc) is 2.92. The Morgan fingerprint density at radius 2 is 2.20 bits per heavy atom. The van der Waals surface area contributed by atoms with Crippen molar-refractivity contribution in [1.82, 2.24) is 10.3 Å². The Balaban J connectivity index is 1.95. The first-order chi connectivity index (χ1) is 9.60. The second kappa shape index (κ2) is 6.59. The van der Waals surface area contributed by atoms with E-state index in [4.69, 9.17) is 11.6 Å². The first-order valence-corrected chi connectivity index (χ1v) is 6.73. The molecule has 0 saturated heterocycles. The summed E-state index contributed by atoms with van der Waals surface area (Å²) in [7, 11) is 1.36. The number of nitrogens with one attached hydrogen (secondary N) is 2. The molecule has 0 aliphatic heterocycles. The van der Waals surface area contributed by atoms with Gasteiger partial charge in [0.05, 0.1) is 7.11 Å². The molecular formula is C15H17ClN2O2. The summed E-state index contributed by atoms with van der Waals surface area (Å²) >= 11 is 5.97. The van der Waals surface area contributed by atoms with Crippen LogP contribution in [0.25, 0.3) is 0 Å². The molecule has 1 aromatic heterocycles. The molecule has 2 N–H and O–H groups in total. The predicted molar refractivity (Wildman–Crippen MR) is 78.8 cm³/mol. The molecule has 0 radical (unpaired) electrons. The predicted octanol–water partition coefficient (Wildman–Crippen LogP) is 3.31. The summed E-state index contributed by atoms with van der Waals surface area (Å²) in [6.45, 7) is 2.69. The Hall–Kier alpha value is -1.78. The molecule has 0 fully saturated rings. The molecule has 0 bridgehead atoms. The number of ether oxygens (including phenoxy) is 1. The van der Waals surface area contributed by atoms with E-state index in [0.29, 0.717) is 12.2 Å². The van der Waals surface area contributed by atoms with E-state index in [-0.39, 0.29) is 12.0 Å². The van der Waals surface area contributed by atoms with Gasteiger partial charge in [-0.05, 0) is 36.8 Å². The smallest absolute Gasteiger partial charge is 0.354 e. The van der Waals surface area contributed by atoms with Crippen LogP contribution in [0, 0.1) is 0 Å². The number of carbonyl (C=O) groups is 1. The number of halogens is 1. The monoisotopic (exact) mass is 292 g/mol. The summed E-state index contributed by atoms with van der Waals surface area (Å²) in [6, 6.07) is 11.5. The van der Waals surface area contributed by atoms with E-state index in [0.717, 1.165) is 16.3 Å². The molecule has 20 heavy (non-hydrogen) atoms. The zero-order chi connectivity index (χ0) is 14.5. The molecule has 0 unspecified atom stereocenters. The fourth-order valence-electron chi connectivity index (χ4n) is 1.93. The van der Waals surface area contributed by atoms with Crippen LogP contribution < -0.4 is 5.32 Å². The lowest BCUT2D eigenvalue weighted by atomic mass is 10.1. The maximum Gasteiger partial charge on any atom is 0.354 e. The van der Waals surface area contributed by atoms with Crippen LogP contribution >= 0.6 is 11.6 Å². The fraction of sp³-hybridized carbons (Fsp3) is 0.267. The van der Waals surface area contributed by atoms with Crippen molar-refractivity contribution in [2.45, 2.75) is 19.5 Å². The van der Waals surface area contributed by atoms with Gasteiger partial charge in [0.2, 0.25) is 0 Å². The molecule has 0 aliphatic rings. The minimum absolute atomic E-state index is 0.165. The number of H-pyrrole nitrogens is 1. The van der Waals surface area contributed by atoms with Gasteiger partial charge in [0, 0.05) is 23.3 Å². The Kier molecular flexibility index (Phi) is 4.82. The number of hydrogen-bond acceptors (Lipinski definition) is 3. The van der Waals surface area contributed by atoms with Crippen molar-refractivity contribution in [1.29, 1.82) is 0 Å². The number of rotatable bonds is 5. The molecular weight excluding hydrogens is 276 g/mol. The van der Waals surface area contributed by atoms with Gasteiger partial charge in [-0.3, -0.25) is 0 Å².